The van der Waals surface area contributed by atoms with Gasteiger partial charge < -0.3 is 14.4 Å². The average molecular weight is 485 g/mol. The number of anilines is 1. The summed E-state index contributed by atoms with van der Waals surface area (Å²) in [5.74, 6) is 0.170. The van der Waals surface area contributed by atoms with Gasteiger partial charge in [0.05, 0.1) is 6.33 Å². The van der Waals surface area contributed by atoms with Crippen molar-refractivity contribution in [1.82, 2.24) is 14.5 Å². The molecule has 4 aromatic rings. The van der Waals surface area contributed by atoms with Crippen molar-refractivity contribution in [1.29, 1.82) is 0 Å². The van der Waals surface area contributed by atoms with Gasteiger partial charge in [-0.2, -0.15) is 0 Å². The van der Waals surface area contributed by atoms with Crippen LogP contribution in [0.3, 0.4) is 0 Å². The summed E-state index contributed by atoms with van der Waals surface area (Å²) >= 11 is 1.95. The molecular formula is C29H32N4OS. The summed E-state index contributed by atoms with van der Waals surface area (Å²) < 4.78 is 2.18. The molecule has 0 spiro atoms. The standard InChI is InChI=1S/C29H32N4OS/c1-23(34)32-17-19-33(20-18-32)26-10-13-27(14-11-26)35-28(21-31-16-15-30-22-31)12-9-25-7-4-6-24-5-2-3-8-29(24)25/h2-8,10-11,13-16,22,28H,9,12,17-21H2,1H3. The number of amides is 1. The number of hydrogen-bond acceptors (Lipinski definition) is 4. The molecule has 5 nitrogen and oxygen atoms in total. The third kappa shape index (κ3) is 5.88. The molecular weight excluding hydrogens is 452 g/mol. The van der Waals surface area contributed by atoms with Crippen molar-refractivity contribution in [2.45, 2.75) is 36.5 Å². The van der Waals surface area contributed by atoms with Gasteiger partial charge >= 0.3 is 0 Å². The highest BCUT2D eigenvalue weighted by Crippen LogP contribution is 2.31. The smallest absolute Gasteiger partial charge is 0.219 e. The van der Waals surface area contributed by atoms with Gasteiger partial charge in [-0.1, -0.05) is 42.5 Å². The minimum Gasteiger partial charge on any atom is -0.368 e. The van der Waals surface area contributed by atoms with Gasteiger partial charge in [-0.3, -0.25) is 4.79 Å². The Hall–Kier alpha value is -3.25. The Morgan fingerprint density at radius 3 is 2.49 bits per heavy atom. The molecule has 0 radical (unpaired) electrons. The lowest BCUT2D eigenvalue weighted by Gasteiger charge is -2.35. The van der Waals surface area contributed by atoms with E-state index in [1.807, 2.05) is 29.2 Å². The van der Waals surface area contributed by atoms with Crippen LogP contribution in [-0.4, -0.2) is 51.8 Å². The molecule has 5 rings (SSSR count). The average Bonchev–Trinajstić information content (AvgIpc) is 3.41. The molecule has 35 heavy (non-hydrogen) atoms. The summed E-state index contributed by atoms with van der Waals surface area (Å²) in [6.45, 7) is 5.97. The number of fused-ring (bicyclic) bond motifs is 1. The molecule has 0 aliphatic carbocycles. The lowest BCUT2D eigenvalue weighted by molar-refractivity contribution is -0.129. The van der Waals surface area contributed by atoms with E-state index in [-0.39, 0.29) is 5.91 Å². The Balaban J connectivity index is 1.26. The highest BCUT2D eigenvalue weighted by atomic mass is 32.2. The minimum atomic E-state index is 0.170. The van der Waals surface area contributed by atoms with Gasteiger partial charge in [-0.05, 0) is 53.4 Å². The van der Waals surface area contributed by atoms with E-state index in [1.54, 1.807) is 6.92 Å². The normalized spacial score (nSPS) is 14.9. The number of imidazole rings is 1. The summed E-state index contributed by atoms with van der Waals surface area (Å²) in [7, 11) is 0. The van der Waals surface area contributed by atoms with Crippen LogP contribution in [0.2, 0.25) is 0 Å². The van der Waals surface area contributed by atoms with E-state index >= 15 is 0 Å². The second-order valence-electron chi connectivity index (χ2n) is 9.16. The topological polar surface area (TPSA) is 41.4 Å². The number of nitrogens with zero attached hydrogens (tertiary/aromatic N) is 4. The molecule has 0 N–H and O–H groups in total. The van der Waals surface area contributed by atoms with E-state index in [9.17, 15) is 4.79 Å². The Kier molecular flexibility index (Phi) is 7.38. The van der Waals surface area contributed by atoms with Gasteiger partial charge in [-0.15, -0.1) is 11.8 Å². The fourth-order valence-electron chi connectivity index (χ4n) is 4.85. The number of thioether (sulfide) groups is 1. The number of benzene rings is 3. The molecule has 1 unspecified atom stereocenters. The molecule has 1 fully saturated rings. The molecule has 2 heterocycles. The Morgan fingerprint density at radius 2 is 1.74 bits per heavy atom. The van der Waals surface area contributed by atoms with Gasteiger partial charge in [0.2, 0.25) is 5.91 Å². The number of rotatable bonds is 8. The van der Waals surface area contributed by atoms with Crippen LogP contribution in [0.4, 0.5) is 5.69 Å². The highest BCUT2D eigenvalue weighted by molar-refractivity contribution is 8.00. The monoisotopic (exact) mass is 484 g/mol. The maximum Gasteiger partial charge on any atom is 0.219 e. The molecule has 1 aliphatic rings. The van der Waals surface area contributed by atoms with Crippen LogP contribution >= 0.6 is 11.8 Å². The van der Waals surface area contributed by atoms with Crippen LogP contribution in [-0.2, 0) is 17.8 Å². The summed E-state index contributed by atoms with van der Waals surface area (Å²) in [5, 5.41) is 3.10. The number of hydrogen-bond donors (Lipinski definition) is 0. The second kappa shape index (κ2) is 11.0. The second-order valence-corrected chi connectivity index (χ2v) is 10.5. The van der Waals surface area contributed by atoms with E-state index in [1.165, 1.54) is 26.9 Å². The number of piperazine rings is 1. The van der Waals surface area contributed by atoms with Crippen molar-refractivity contribution in [3.63, 3.8) is 0 Å². The molecule has 1 aliphatic heterocycles. The van der Waals surface area contributed by atoms with Gasteiger partial charge in [0, 0.05) is 67.9 Å². The predicted octanol–water partition coefficient (Wildman–Crippen LogP) is 5.50. The summed E-state index contributed by atoms with van der Waals surface area (Å²) in [5.41, 5.74) is 2.65. The van der Waals surface area contributed by atoms with Crippen molar-refractivity contribution < 1.29 is 4.79 Å². The van der Waals surface area contributed by atoms with E-state index in [4.69, 9.17) is 0 Å². The number of carbonyl (C=O) groups excluding carboxylic acids is 1. The first-order valence-corrected chi connectivity index (χ1v) is 13.2. The lowest BCUT2D eigenvalue weighted by Crippen LogP contribution is -2.48. The minimum absolute atomic E-state index is 0.170. The van der Waals surface area contributed by atoms with Crippen molar-refractivity contribution in [2.24, 2.45) is 0 Å². The highest BCUT2D eigenvalue weighted by Gasteiger charge is 2.19. The number of aryl methyl sites for hydroxylation is 1. The zero-order valence-electron chi connectivity index (χ0n) is 20.2. The zero-order chi connectivity index (χ0) is 24.0. The molecule has 0 bridgehead atoms. The molecule has 180 valence electrons. The van der Waals surface area contributed by atoms with Crippen molar-refractivity contribution in [3.05, 3.63) is 91.0 Å². The molecule has 1 saturated heterocycles. The summed E-state index contributed by atoms with van der Waals surface area (Å²) in [4.78, 5) is 21.4. The first-order valence-electron chi connectivity index (χ1n) is 12.4. The first-order chi connectivity index (χ1) is 17.2. The van der Waals surface area contributed by atoms with E-state index in [0.717, 1.165) is 45.6 Å². The quantitative estimate of drug-likeness (QED) is 0.310. The van der Waals surface area contributed by atoms with Crippen LogP contribution in [0.1, 0.15) is 18.9 Å². The molecule has 1 atom stereocenters. The largest absolute Gasteiger partial charge is 0.368 e. The molecule has 0 saturated carbocycles. The van der Waals surface area contributed by atoms with Crippen LogP contribution in [0, 0.1) is 0 Å². The van der Waals surface area contributed by atoms with Gasteiger partial charge in [0.1, 0.15) is 0 Å². The Morgan fingerprint density at radius 1 is 0.971 bits per heavy atom. The Labute approximate surface area is 211 Å². The fraction of sp³-hybridized carbons (Fsp3) is 0.310. The number of aromatic nitrogens is 2. The molecule has 6 heteroatoms. The van der Waals surface area contributed by atoms with Crippen LogP contribution in [0.25, 0.3) is 10.8 Å². The molecule has 3 aromatic carbocycles. The third-order valence-electron chi connectivity index (χ3n) is 6.82. The maximum atomic E-state index is 11.6. The van der Waals surface area contributed by atoms with Gasteiger partial charge in [0.25, 0.3) is 0 Å². The van der Waals surface area contributed by atoms with E-state index in [2.05, 4.69) is 87.4 Å². The van der Waals surface area contributed by atoms with Crippen molar-refractivity contribution in [3.8, 4) is 0 Å². The molecule has 1 aromatic heterocycles. The Bertz CT molecular complexity index is 1240. The van der Waals surface area contributed by atoms with Crippen molar-refractivity contribution in [2.75, 3.05) is 31.1 Å². The van der Waals surface area contributed by atoms with Gasteiger partial charge in [-0.25, -0.2) is 4.98 Å². The van der Waals surface area contributed by atoms with Crippen molar-refractivity contribution >= 4 is 34.1 Å². The summed E-state index contributed by atoms with van der Waals surface area (Å²) in [6, 6.07) is 24.2. The molecule has 1 amide bonds. The van der Waals surface area contributed by atoms with E-state index in [0.29, 0.717) is 5.25 Å². The predicted molar refractivity (Wildman–Crippen MR) is 145 cm³/mol. The summed E-state index contributed by atoms with van der Waals surface area (Å²) in [6.07, 6.45) is 7.95. The zero-order valence-corrected chi connectivity index (χ0v) is 21.0. The third-order valence-corrected chi connectivity index (χ3v) is 8.08. The SMILES string of the molecule is CC(=O)N1CCN(c2ccc(SC(CCc3cccc4ccccc34)Cn3ccnc3)cc2)CC1. The fourth-order valence-corrected chi connectivity index (χ4v) is 6.01. The van der Waals surface area contributed by atoms with Crippen LogP contribution in [0.5, 0.6) is 0 Å². The van der Waals surface area contributed by atoms with Gasteiger partial charge in [0.15, 0.2) is 0 Å². The maximum absolute atomic E-state index is 11.6. The van der Waals surface area contributed by atoms with Crippen LogP contribution < -0.4 is 4.90 Å². The first kappa shape index (κ1) is 23.5. The van der Waals surface area contributed by atoms with Crippen LogP contribution in [0.15, 0.2) is 90.3 Å². The number of carbonyl (C=O) groups is 1. The lowest BCUT2D eigenvalue weighted by atomic mass is 10.00. The van der Waals surface area contributed by atoms with E-state index < -0.39 is 0 Å².